The third kappa shape index (κ3) is 4.12. The number of carboxylic acid groups (broad SMARTS) is 1. The van der Waals surface area contributed by atoms with E-state index >= 15 is 0 Å². The van der Waals surface area contributed by atoms with Crippen LogP contribution in [0.3, 0.4) is 0 Å². The summed E-state index contributed by atoms with van der Waals surface area (Å²) in [5.74, 6) is -1.07. The first-order valence-electron chi connectivity index (χ1n) is 6.66. The summed E-state index contributed by atoms with van der Waals surface area (Å²) in [7, 11) is -3.80. The zero-order valence-electron chi connectivity index (χ0n) is 11.9. The molecule has 118 valence electrons. The lowest BCUT2D eigenvalue weighted by molar-refractivity contribution is -0.137. The number of carbonyl (C=O) groups is 1. The molecule has 0 radical (unpaired) electrons. The minimum atomic E-state index is -3.80. The summed E-state index contributed by atoms with van der Waals surface area (Å²) in [4.78, 5) is 15.0. The van der Waals surface area contributed by atoms with E-state index in [1.165, 1.54) is 6.20 Å². The molecule has 0 fully saturated rings. The number of thiazole rings is 1. The van der Waals surface area contributed by atoms with Crippen LogP contribution in [-0.2, 0) is 21.2 Å². The lowest BCUT2D eigenvalue weighted by atomic mass is 10.1. The van der Waals surface area contributed by atoms with Crippen molar-refractivity contribution in [1.29, 1.82) is 0 Å². The van der Waals surface area contributed by atoms with Crippen LogP contribution < -0.4 is 4.72 Å². The molecule has 22 heavy (non-hydrogen) atoms. The fourth-order valence-electron chi connectivity index (χ4n) is 1.91. The van der Waals surface area contributed by atoms with Crippen molar-refractivity contribution in [3.63, 3.8) is 0 Å². The number of aryl methyl sites for hydroxylation is 1. The van der Waals surface area contributed by atoms with Crippen molar-refractivity contribution in [2.24, 2.45) is 0 Å². The predicted octanol–water partition coefficient (Wildman–Crippen LogP) is 2.20. The lowest BCUT2D eigenvalue weighted by Gasteiger charge is -2.16. The second-order valence-electron chi connectivity index (χ2n) is 4.61. The molecule has 8 heteroatoms. The minimum Gasteiger partial charge on any atom is -0.481 e. The number of carboxylic acids is 1. The highest BCUT2D eigenvalue weighted by atomic mass is 32.2. The quantitative estimate of drug-likeness (QED) is 0.805. The maximum atomic E-state index is 12.4. The molecule has 1 atom stereocenters. The number of rotatable bonds is 7. The first-order chi connectivity index (χ1) is 10.4. The Hall–Kier alpha value is -1.77. The van der Waals surface area contributed by atoms with Gasteiger partial charge in [0.1, 0.15) is 0 Å². The fraction of sp³-hybridized carbons (Fsp3) is 0.286. The Balaban J connectivity index is 2.27. The molecule has 1 aromatic heterocycles. The standard InChI is InChI=1S/C14H16N2O4S2/c1-2-12-15-9-14(21-12)22(19,20)16-11(8-13(17)18)10-6-4-3-5-7-10/h3-7,9,11,16H,2,8H2,1H3,(H,17,18). The normalized spacial score (nSPS) is 13.0. The molecule has 0 bridgehead atoms. The molecule has 0 amide bonds. The summed E-state index contributed by atoms with van der Waals surface area (Å²) in [5.41, 5.74) is 0.605. The number of hydrogen-bond acceptors (Lipinski definition) is 5. The van der Waals surface area contributed by atoms with Gasteiger partial charge in [0, 0.05) is 0 Å². The Kier molecular flexibility index (Phi) is 5.28. The highest BCUT2D eigenvalue weighted by Crippen LogP contribution is 2.23. The van der Waals surface area contributed by atoms with E-state index < -0.39 is 22.0 Å². The highest BCUT2D eigenvalue weighted by Gasteiger charge is 2.25. The summed E-state index contributed by atoms with van der Waals surface area (Å²) >= 11 is 1.09. The predicted molar refractivity (Wildman–Crippen MR) is 83.2 cm³/mol. The Morgan fingerprint density at radius 1 is 1.36 bits per heavy atom. The molecule has 2 aromatic rings. The molecule has 6 nitrogen and oxygen atoms in total. The van der Waals surface area contributed by atoms with Crippen LogP contribution in [0.25, 0.3) is 0 Å². The molecule has 0 spiro atoms. The van der Waals surface area contributed by atoms with E-state index in [2.05, 4.69) is 9.71 Å². The van der Waals surface area contributed by atoms with E-state index in [0.717, 1.165) is 16.3 Å². The SMILES string of the molecule is CCc1ncc(S(=O)(=O)NC(CC(=O)O)c2ccccc2)s1. The van der Waals surface area contributed by atoms with Gasteiger partial charge in [-0.15, -0.1) is 11.3 Å². The topological polar surface area (TPSA) is 96.4 Å². The van der Waals surface area contributed by atoms with Gasteiger partial charge in [-0.1, -0.05) is 37.3 Å². The van der Waals surface area contributed by atoms with Crippen LogP contribution in [-0.4, -0.2) is 24.5 Å². The van der Waals surface area contributed by atoms with E-state index in [1.807, 2.05) is 6.92 Å². The third-order valence-electron chi connectivity index (χ3n) is 2.98. The van der Waals surface area contributed by atoms with Crippen LogP contribution in [0.1, 0.15) is 30.0 Å². The number of nitrogens with zero attached hydrogens (tertiary/aromatic N) is 1. The monoisotopic (exact) mass is 340 g/mol. The zero-order valence-corrected chi connectivity index (χ0v) is 13.5. The molecule has 0 saturated heterocycles. The van der Waals surface area contributed by atoms with Crippen molar-refractivity contribution < 1.29 is 18.3 Å². The van der Waals surface area contributed by atoms with Gasteiger partial charge in [0.15, 0.2) is 4.21 Å². The van der Waals surface area contributed by atoms with Crippen LogP contribution in [0.5, 0.6) is 0 Å². The molecular formula is C14H16N2O4S2. The molecule has 2 rings (SSSR count). The highest BCUT2D eigenvalue weighted by molar-refractivity contribution is 7.91. The summed E-state index contributed by atoms with van der Waals surface area (Å²) in [6.45, 7) is 1.89. The largest absolute Gasteiger partial charge is 0.481 e. The van der Waals surface area contributed by atoms with Gasteiger partial charge in [0.05, 0.1) is 23.7 Å². The number of nitrogens with one attached hydrogen (secondary N) is 1. The van der Waals surface area contributed by atoms with Crippen molar-refractivity contribution in [3.05, 3.63) is 47.1 Å². The van der Waals surface area contributed by atoms with Crippen LogP contribution in [0.4, 0.5) is 0 Å². The third-order valence-corrected chi connectivity index (χ3v) is 6.05. The molecule has 1 unspecified atom stereocenters. The first-order valence-corrected chi connectivity index (χ1v) is 8.96. The van der Waals surface area contributed by atoms with Gasteiger partial charge in [0.2, 0.25) is 0 Å². The molecule has 2 N–H and O–H groups in total. The minimum absolute atomic E-state index is 0.0932. The second-order valence-corrected chi connectivity index (χ2v) is 7.67. The van der Waals surface area contributed by atoms with Crippen LogP contribution >= 0.6 is 11.3 Å². The van der Waals surface area contributed by atoms with Gasteiger partial charge < -0.3 is 5.11 Å². The van der Waals surface area contributed by atoms with E-state index in [-0.39, 0.29) is 10.6 Å². The van der Waals surface area contributed by atoms with Gasteiger partial charge in [-0.25, -0.2) is 18.1 Å². The molecule has 0 aliphatic heterocycles. The van der Waals surface area contributed by atoms with Gasteiger partial charge in [-0.3, -0.25) is 4.79 Å². The van der Waals surface area contributed by atoms with Crippen LogP contribution in [0.15, 0.2) is 40.7 Å². The van der Waals surface area contributed by atoms with Gasteiger partial charge in [0.25, 0.3) is 10.0 Å². The summed E-state index contributed by atoms with van der Waals surface area (Å²) < 4.78 is 27.3. The number of aromatic nitrogens is 1. The molecule has 0 aliphatic carbocycles. The van der Waals surface area contributed by atoms with Crippen molar-refractivity contribution >= 4 is 27.3 Å². The Labute approximate surface area is 132 Å². The second kappa shape index (κ2) is 6.99. The van der Waals surface area contributed by atoms with Gasteiger partial charge in [-0.2, -0.15) is 0 Å². The smallest absolute Gasteiger partial charge is 0.305 e. The average Bonchev–Trinajstić information content (AvgIpc) is 2.96. The van der Waals surface area contributed by atoms with E-state index in [4.69, 9.17) is 5.11 Å². The average molecular weight is 340 g/mol. The fourth-order valence-corrected chi connectivity index (χ4v) is 4.27. The zero-order chi connectivity index (χ0) is 16.2. The van der Waals surface area contributed by atoms with Crippen molar-refractivity contribution in [3.8, 4) is 0 Å². The van der Waals surface area contributed by atoms with Crippen molar-refractivity contribution in [2.75, 3.05) is 0 Å². The lowest BCUT2D eigenvalue weighted by Crippen LogP contribution is -2.29. The van der Waals surface area contributed by atoms with E-state index in [1.54, 1.807) is 30.3 Å². The summed E-state index contributed by atoms with van der Waals surface area (Å²) in [5, 5.41) is 9.73. The maximum absolute atomic E-state index is 12.4. The molecule has 1 aromatic carbocycles. The maximum Gasteiger partial charge on any atom is 0.305 e. The van der Waals surface area contributed by atoms with Crippen LogP contribution in [0, 0.1) is 0 Å². The van der Waals surface area contributed by atoms with Crippen LogP contribution in [0.2, 0.25) is 0 Å². The summed E-state index contributed by atoms with van der Waals surface area (Å²) in [6.07, 6.45) is 1.62. The molecule has 0 saturated carbocycles. The molecular weight excluding hydrogens is 324 g/mol. The summed E-state index contributed by atoms with van der Waals surface area (Å²) in [6, 6.07) is 7.82. The number of aliphatic carboxylic acids is 1. The Morgan fingerprint density at radius 2 is 2.05 bits per heavy atom. The first kappa shape index (κ1) is 16.6. The van der Waals surface area contributed by atoms with E-state index in [0.29, 0.717) is 12.0 Å². The number of hydrogen-bond donors (Lipinski definition) is 2. The van der Waals surface area contributed by atoms with Gasteiger partial charge in [-0.05, 0) is 12.0 Å². The van der Waals surface area contributed by atoms with Gasteiger partial charge >= 0.3 is 5.97 Å². The van der Waals surface area contributed by atoms with Crippen molar-refractivity contribution in [1.82, 2.24) is 9.71 Å². The van der Waals surface area contributed by atoms with Crippen molar-refractivity contribution in [2.45, 2.75) is 30.0 Å². The number of sulfonamides is 1. The Bertz CT molecular complexity index is 741. The molecule has 1 heterocycles. The number of benzene rings is 1. The molecule has 0 aliphatic rings. The Morgan fingerprint density at radius 3 is 2.59 bits per heavy atom. The van der Waals surface area contributed by atoms with E-state index in [9.17, 15) is 13.2 Å².